The summed E-state index contributed by atoms with van der Waals surface area (Å²) in [4.78, 5) is 13.8. The van der Waals surface area contributed by atoms with Crippen LogP contribution < -0.4 is 15.6 Å². The maximum absolute atomic E-state index is 11.5. The minimum absolute atomic E-state index is 0.0360. The number of nitrogens with two attached hydrogens (primary N) is 1. The fraction of sp³-hybridized carbons (Fsp3) is 0.304. The molecule has 1 saturated heterocycles. The molecular formula is C23H26N4O4. The first-order chi connectivity index (χ1) is 15.1. The number of ether oxygens (including phenoxy) is 1. The van der Waals surface area contributed by atoms with E-state index >= 15 is 0 Å². The number of hydrogen-bond acceptors (Lipinski definition) is 7. The molecule has 0 bridgehead atoms. The number of rotatable bonds is 7. The number of hydrogen-bond donors (Lipinski definition) is 3. The zero-order valence-corrected chi connectivity index (χ0v) is 17.2. The number of morpholine rings is 1. The Morgan fingerprint density at radius 2 is 1.65 bits per heavy atom. The van der Waals surface area contributed by atoms with Crippen LogP contribution in [0.3, 0.4) is 0 Å². The van der Waals surface area contributed by atoms with Crippen LogP contribution >= 0.6 is 0 Å². The first-order valence-corrected chi connectivity index (χ1v) is 10.3. The summed E-state index contributed by atoms with van der Waals surface area (Å²) in [5.74, 6) is -0.337. The molecule has 0 amide bonds. The number of nitroso groups, excluding NO2 is 1. The fourth-order valence-corrected chi connectivity index (χ4v) is 3.99. The van der Waals surface area contributed by atoms with Crippen LogP contribution in [0.1, 0.15) is 12.0 Å². The van der Waals surface area contributed by atoms with Crippen molar-refractivity contribution in [2.75, 3.05) is 48.5 Å². The number of benzene rings is 3. The van der Waals surface area contributed by atoms with Gasteiger partial charge in [-0.25, -0.2) is 5.01 Å². The van der Waals surface area contributed by atoms with E-state index in [0.29, 0.717) is 17.2 Å². The quantitative estimate of drug-likeness (QED) is 0.175. The van der Waals surface area contributed by atoms with E-state index in [9.17, 15) is 15.1 Å². The van der Waals surface area contributed by atoms with Gasteiger partial charge in [0.05, 0.1) is 18.5 Å². The Morgan fingerprint density at radius 1 is 1.00 bits per heavy atom. The molecule has 0 atom stereocenters. The molecule has 8 heteroatoms. The van der Waals surface area contributed by atoms with Gasteiger partial charge >= 0.3 is 0 Å². The van der Waals surface area contributed by atoms with Crippen molar-refractivity contribution >= 4 is 27.8 Å². The van der Waals surface area contributed by atoms with Crippen molar-refractivity contribution in [3.8, 4) is 11.5 Å². The molecule has 1 aliphatic rings. The summed E-state index contributed by atoms with van der Waals surface area (Å²) in [6.07, 6.45) is 1.35. The van der Waals surface area contributed by atoms with Crippen molar-refractivity contribution in [3.63, 3.8) is 0 Å². The highest BCUT2D eigenvalue weighted by atomic mass is 16.5. The smallest absolute Gasteiger partial charge is 0.151 e. The molecule has 1 fully saturated rings. The Morgan fingerprint density at radius 3 is 2.29 bits per heavy atom. The zero-order chi connectivity index (χ0) is 21.8. The molecule has 1 heterocycles. The van der Waals surface area contributed by atoms with Gasteiger partial charge in [0.2, 0.25) is 0 Å². The number of phenolic OH excluding ortho intramolecular Hbond substituents is 2. The van der Waals surface area contributed by atoms with Gasteiger partial charge in [-0.1, -0.05) is 36.4 Å². The van der Waals surface area contributed by atoms with Crippen LogP contribution in [-0.4, -0.2) is 43.1 Å². The van der Waals surface area contributed by atoms with Gasteiger partial charge < -0.3 is 25.6 Å². The van der Waals surface area contributed by atoms with E-state index in [0.717, 1.165) is 43.3 Å². The molecule has 1 aliphatic heterocycles. The Balaban J connectivity index is 1.45. The van der Waals surface area contributed by atoms with Crippen molar-refractivity contribution in [3.05, 3.63) is 59.0 Å². The minimum Gasteiger partial charge on any atom is -0.505 e. The van der Waals surface area contributed by atoms with E-state index in [4.69, 9.17) is 10.5 Å². The first kappa shape index (κ1) is 20.7. The van der Waals surface area contributed by atoms with E-state index in [-0.39, 0.29) is 29.4 Å². The van der Waals surface area contributed by atoms with E-state index < -0.39 is 0 Å². The summed E-state index contributed by atoms with van der Waals surface area (Å²) in [5.41, 5.74) is 8.32. The largest absolute Gasteiger partial charge is 0.505 e. The molecule has 0 saturated carbocycles. The number of fused-ring (bicyclic) bond motifs is 1. The molecule has 4 N–H and O–H groups in total. The highest BCUT2D eigenvalue weighted by Crippen LogP contribution is 2.47. The lowest BCUT2D eigenvalue weighted by Crippen LogP contribution is -2.36. The summed E-state index contributed by atoms with van der Waals surface area (Å²) in [7, 11) is 0. The molecule has 8 nitrogen and oxygen atoms in total. The maximum atomic E-state index is 11.5. The third-order valence-corrected chi connectivity index (χ3v) is 5.68. The summed E-state index contributed by atoms with van der Waals surface area (Å²) in [6.45, 7) is 3.53. The number of phenols is 2. The molecule has 3 aromatic rings. The average Bonchev–Trinajstić information content (AvgIpc) is 2.82. The normalized spacial score (nSPS) is 14.0. The van der Waals surface area contributed by atoms with E-state index in [2.05, 4.69) is 34.5 Å². The minimum atomic E-state index is -0.171. The Kier molecular flexibility index (Phi) is 6.08. The van der Waals surface area contributed by atoms with Crippen LogP contribution in [0.2, 0.25) is 0 Å². The lowest BCUT2D eigenvalue weighted by atomic mass is 10.0. The molecule has 0 radical (unpaired) electrons. The zero-order valence-electron chi connectivity index (χ0n) is 17.2. The van der Waals surface area contributed by atoms with Gasteiger partial charge in [0.25, 0.3) is 0 Å². The lowest BCUT2D eigenvalue weighted by Gasteiger charge is -2.29. The molecule has 0 spiro atoms. The molecule has 0 aromatic heterocycles. The van der Waals surface area contributed by atoms with Crippen LogP contribution in [-0.2, 0) is 11.2 Å². The van der Waals surface area contributed by atoms with Crippen molar-refractivity contribution in [2.24, 2.45) is 5.29 Å². The summed E-state index contributed by atoms with van der Waals surface area (Å²) >= 11 is 0. The number of nitrogen functional groups attached to an aromatic ring is 1. The molecule has 0 aliphatic carbocycles. The Hall–Kier alpha value is -3.52. The number of anilines is 3. The van der Waals surface area contributed by atoms with Crippen molar-refractivity contribution in [1.29, 1.82) is 0 Å². The topological polar surface area (TPSA) is 112 Å². The van der Waals surface area contributed by atoms with Gasteiger partial charge in [0, 0.05) is 36.1 Å². The molecular weight excluding hydrogens is 396 g/mol. The predicted molar refractivity (Wildman–Crippen MR) is 123 cm³/mol. The summed E-state index contributed by atoms with van der Waals surface area (Å²) in [6, 6.07) is 15.1. The standard InChI is InChI=1S/C23H26N4O4/c24-20-21(23(29)19-6-2-1-5-18(19)22(20)28)27(25-30)11-3-4-16-7-9-17(10-8-16)26-12-14-31-15-13-26/h1-2,5-10,28-29H,3-4,11-15,24H2. The first-order valence-electron chi connectivity index (χ1n) is 10.3. The van der Waals surface area contributed by atoms with Crippen LogP contribution in [0.4, 0.5) is 17.1 Å². The van der Waals surface area contributed by atoms with Crippen molar-refractivity contribution in [1.82, 2.24) is 0 Å². The third kappa shape index (κ3) is 4.20. The fourth-order valence-electron chi connectivity index (χ4n) is 3.99. The van der Waals surface area contributed by atoms with E-state index in [1.54, 1.807) is 24.3 Å². The Labute approximate surface area is 180 Å². The predicted octanol–water partition coefficient (Wildman–Crippen LogP) is 3.79. The second-order valence-electron chi connectivity index (χ2n) is 7.58. The number of aromatic hydroxyl groups is 2. The van der Waals surface area contributed by atoms with Gasteiger partial charge in [-0.15, -0.1) is 4.91 Å². The summed E-state index contributed by atoms with van der Waals surface area (Å²) < 4.78 is 5.39. The SMILES string of the molecule is Nc1c(N(CCCc2ccc(N3CCOCC3)cc2)N=O)c(O)c2ccccc2c1O. The average molecular weight is 422 g/mol. The van der Waals surface area contributed by atoms with Crippen LogP contribution in [0.15, 0.2) is 53.8 Å². The second-order valence-corrected chi connectivity index (χ2v) is 7.58. The van der Waals surface area contributed by atoms with Crippen LogP contribution in [0.25, 0.3) is 10.8 Å². The second kappa shape index (κ2) is 9.09. The van der Waals surface area contributed by atoms with Gasteiger partial charge in [0.15, 0.2) is 5.75 Å². The van der Waals surface area contributed by atoms with Crippen LogP contribution in [0, 0.1) is 4.91 Å². The van der Waals surface area contributed by atoms with Gasteiger partial charge in [-0.3, -0.25) is 0 Å². The highest BCUT2D eigenvalue weighted by Gasteiger charge is 2.22. The summed E-state index contributed by atoms with van der Waals surface area (Å²) in [5, 5.41) is 26.1. The van der Waals surface area contributed by atoms with Crippen LogP contribution in [0.5, 0.6) is 11.5 Å². The van der Waals surface area contributed by atoms with Gasteiger partial charge in [-0.2, -0.15) is 0 Å². The van der Waals surface area contributed by atoms with Crippen molar-refractivity contribution in [2.45, 2.75) is 12.8 Å². The molecule has 0 unspecified atom stereocenters. The van der Waals surface area contributed by atoms with Crippen molar-refractivity contribution < 1.29 is 14.9 Å². The number of nitrogens with zero attached hydrogens (tertiary/aromatic N) is 3. The molecule has 31 heavy (non-hydrogen) atoms. The molecule has 162 valence electrons. The number of aryl methyl sites for hydroxylation is 1. The maximum Gasteiger partial charge on any atom is 0.151 e. The molecule has 4 rings (SSSR count). The monoisotopic (exact) mass is 422 g/mol. The van der Waals surface area contributed by atoms with Gasteiger partial charge in [0.1, 0.15) is 17.1 Å². The third-order valence-electron chi connectivity index (χ3n) is 5.68. The lowest BCUT2D eigenvalue weighted by molar-refractivity contribution is 0.122. The van der Waals surface area contributed by atoms with E-state index in [1.807, 2.05) is 0 Å². The highest BCUT2D eigenvalue weighted by molar-refractivity contribution is 6.04. The van der Waals surface area contributed by atoms with E-state index in [1.165, 1.54) is 5.69 Å². The Bertz CT molecular complexity index is 1070. The molecule has 3 aromatic carbocycles. The van der Waals surface area contributed by atoms with Gasteiger partial charge in [-0.05, 0) is 30.5 Å².